The van der Waals surface area contributed by atoms with Crippen LogP contribution in [0.2, 0.25) is 0 Å². The van der Waals surface area contributed by atoms with E-state index < -0.39 is 5.97 Å². The first-order chi connectivity index (χ1) is 8.16. The van der Waals surface area contributed by atoms with Crippen molar-refractivity contribution in [2.75, 3.05) is 32.7 Å². The van der Waals surface area contributed by atoms with Gasteiger partial charge in [0, 0.05) is 32.4 Å². The minimum Gasteiger partial charge on any atom is -0.480 e. The highest BCUT2D eigenvalue weighted by Gasteiger charge is 2.23. The molecule has 92 valence electrons. The fourth-order valence-corrected chi connectivity index (χ4v) is 1.93. The number of rotatable bonds is 3. The Kier molecular flexibility index (Phi) is 3.43. The number of nitrogens with one attached hydrogen (secondary N) is 1. The predicted molar refractivity (Wildman–Crippen MR) is 60.8 cm³/mol. The molecule has 2 N–H and O–H groups in total. The molecule has 1 aromatic heterocycles. The predicted octanol–water partition coefficient (Wildman–Crippen LogP) is -0.143. The monoisotopic (exact) mass is 237 g/mol. The number of amides is 1. The third-order valence-electron chi connectivity index (χ3n) is 2.85. The van der Waals surface area contributed by atoms with Gasteiger partial charge in [-0.2, -0.15) is 0 Å². The summed E-state index contributed by atoms with van der Waals surface area (Å²) in [4.78, 5) is 28.9. The van der Waals surface area contributed by atoms with Gasteiger partial charge in [-0.1, -0.05) is 0 Å². The van der Waals surface area contributed by atoms with Crippen LogP contribution in [0.4, 0.5) is 0 Å². The van der Waals surface area contributed by atoms with E-state index in [1.54, 1.807) is 23.2 Å². The number of carbonyl (C=O) groups excluding carboxylic acids is 1. The van der Waals surface area contributed by atoms with Gasteiger partial charge in [-0.25, -0.2) is 0 Å². The van der Waals surface area contributed by atoms with Gasteiger partial charge in [0.15, 0.2) is 0 Å². The molecule has 1 aromatic rings. The number of nitrogens with zero attached hydrogens (tertiary/aromatic N) is 2. The summed E-state index contributed by atoms with van der Waals surface area (Å²) in [6.45, 7) is 2.41. The normalized spacial score (nSPS) is 17.1. The molecule has 0 spiro atoms. The zero-order valence-corrected chi connectivity index (χ0v) is 9.43. The smallest absolute Gasteiger partial charge is 0.317 e. The fraction of sp³-hybridized carbons (Fsp3) is 0.455. The van der Waals surface area contributed by atoms with Crippen LogP contribution in [0, 0.1) is 0 Å². The lowest BCUT2D eigenvalue weighted by Crippen LogP contribution is -2.49. The van der Waals surface area contributed by atoms with Gasteiger partial charge in [0.05, 0.1) is 6.54 Å². The van der Waals surface area contributed by atoms with Crippen LogP contribution in [-0.4, -0.2) is 64.5 Å². The van der Waals surface area contributed by atoms with E-state index in [1.807, 2.05) is 4.90 Å². The summed E-state index contributed by atoms with van der Waals surface area (Å²) >= 11 is 0. The standard InChI is InChI=1S/C11H15N3O3/c15-10(16)8-13-4-6-14(7-5-13)11(17)9-2-1-3-12-9/h1-3,12H,4-8H2,(H,15,16). The molecule has 0 aromatic carbocycles. The summed E-state index contributed by atoms with van der Waals surface area (Å²) < 4.78 is 0. The summed E-state index contributed by atoms with van der Waals surface area (Å²) in [5, 5.41) is 8.66. The van der Waals surface area contributed by atoms with Gasteiger partial charge in [0.25, 0.3) is 5.91 Å². The lowest BCUT2D eigenvalue weighted by atomic mass is 10.3. The third kappa shape index (κ3) is 2.85. The van der Waals surface area contributed by atoms with Crippen molar-refractivity contribution >= 4 is 11.9 Å². The maximum absolute atomic E-state index is 11.9. The van der Waals surface area contributed by atoms with Crippen molar-refractivity contribution in [3.8, 4) is 0 Å². The highest BCUT2D eigenvalue weighted by Crippen LogP contribution is 2.06. The largest absolute Gasteiger partial charge is 0.480 e. The van der Waals surface area contributed by atoms with E-state index in [2.05, 4.69) is 4.98 Å². The average molecular weight is 237 g/mol. The highest BCUT2D eigenvalue weighted by atomic mass is 16.4. The lowest BCUT2D eigenvalue weighted by molar-refractivity contribution is -0.138. The third-order valence-corrected chi connectivity index (χ3v) is 2.85. The summed E-state index contributed by atoms with van der Waals surface area (Å²) in [6.07, 6.45) is 1.72. The Balaban J connectivity index is 1.87. The Labute approximate surface area is 98.8 Å². The molecule has 17 heavy (non-hydrogen) atoms. The summed E-state index contributed by atoms with van der Waals surface area (Å²) in [5.74, 6) is -0.848. The van der Waals surface area contributed by atoms with Gasteiger partial charge >= 0.3 is 5.97 Å². The van der Waals surface area contributed by atoms with Gasteiger partial charge in [0.1, 0.15) is 5.69 Å². The lowest BCUT2D eigenvalue weighted by Gasteiger charge is -2.33. The number of hydrogen-bond acceptors (Lipinski definition) is 3. The number of hydrogen-bond donors (Lipinski definition) is 2. The first-order valence-electron chi connectivity index (χ1n) is 5.53. The van der Waals surface area contributed by atoms with Crippen molar-refractivity contribution in [3.63, 3.8) is 0 Å². The molecular formula is C11H15N3O3. The SMILES string of the molecule is O=C(O)CN1CCN(C(=O)c2ccc[nH]2)CC1. The van der Waals surface area contributed by atoms with Crippen LogP contribution in [0.3, 0.4) is 0 Å². The van der Waals surface area contributed by atoms with E-state index in [-0.39, 0.29) is 12.5 Å². The van der Waals surface area contributed by atoms with E-state index >= 15 is 0 Å². The Morgan fingerprint density at radius 3 is 2.53 bits per heavy atom. The van der Waals surface area contributed by atoms with Gasteiger partial charge < -0.3 is 15.0 Å². The minimum atomic E-state index is -0.825. The van der Waals surface area contributed by atoms with Crippen molar-refractivity contribution in [1.29, 1.82) is 0 Å². The molecule has 0 atom stereocenters. The van der Waals surface area contributed by atoms with Crippen molar-refractivity contribution in [3.05, 3.63) is 24.0 Å². The zero-order chi connectivity index (χ0) is 12.3. The molecule has 1 saturated heterocycles. The van der Waals surface area contributed by atoms with Crippen LogP contribution in [0.15, 0.2) is 18.3 Å². The molecule has 6 nitrogen and oxygen atoms in total. The number of carboxylic acids is 1. The molecule has 1 aliphatic rings. The minimum absolute atomic E-state index is 0.0232. The molecule has 2 heterocycles. The van der Waals surface area contributed by atoms with Crippen LogP contribution >= 0.6 is 0 Å². The molecule has 1 aliphatic heterocycles. The Morgan fingerprint density at radius 2 is 2.00 bits per heavy atom. The molecule has 0 radical (unpaired) electrons. The van der Waals surface area contributed by atoms with Gasteiger partial charge in [-0.3, -0.25) is 14.5 Å². The molecule has 1 amide bonds. The summed E-state index contributed by atoms with van der Waals surface area (Å²) in [5.41, 5.74) is 0.580. The molecule has 1 fully saturated rings. The number of carbonyl (C=O) groups is 2. The number of aromatic amines is 1. The maximum atomic E-state index is 11.9. The molecule has 0 bridgehead atoms. The molecule has 2 rings (SSSR count). The van der Waals surface area contributed by atoms with Crippen molar-refractivity contribution in [2.45, 2.75) is 0 Å². The zero-order valence-electron chi connectivity index (χ0n) is 9.43. The van der Waals surface area contributed by atoms with Crippen LogP contribution in [0.25, 0.3) is 0 Å². The van der Waals surface area contributed by atoms with Crippen molar-refractivity contribution in [1.82, 2.24) is 14.8 Å². The highest BCUT2D eigenvalue weighted by molar-refractivity contribution is 5.92. The summed E-state index contributed by atoms with van der Waals surface area (Å²) in [7, 11) is 0. The number of piperazine rings is 1. The van der Waals surface area contributed by atoms with Crippen LogP contribution < -0.4 is 0 Å². The first kappa shape index (κ1) is 11.7. The Morgan fingerprint density at radius 1 is 1.29 bits per heavy atom. The first-order valence-corrected chi connectivity index (χ1v) is 5.53. The Hall–Kier alpha value is -1.82. The van der Waals surface area contributed by atoms with Crippen molar-refractivity contribution < 1.29 is 14.7 Å². The van der Waals surface area contributed by atoms with Crippen LogP contribution in [0.1, 0.15) is 10.5 Å². The molecule has 0 saturated carbocycles. The van der Waals surface area contributed by atoms with Crippen LogP contribution in [0.5, 0.6) is 0 Å². The van der Waals surface area contributed by atoms with Gasteiger partial charge in [-0.15, -0.1) is 0 Å². The van der Waals surface area contributed by atoms with Crippen LogP contribution in [-0.2, 0) is 4.79 Å². The van der Waals surface area contributed by atoms with Gasteiger partial charge in [0.2, 0.25) is 0 Å². The molecular weight excluding hydrogens is 222 g/mol. The Bertz CT molecular complexity index is 394. The maximum Gasteiger partial charge on any atom is 0.317 e. The molecule has 0 aliphatic carbocycles. The van der Waals surface area contributed by atoms with E-state index in [1.165, 1.54) is 0 Å². The second-order valence-corrected chi connectivity index (χ2v) is 4.05. The summed E-state index contributed by atoms with van der Waals surface area (Å²) in [6, 6.07) is 3.53. The quantitative estimate of drug-likeness (QED) is 0.767. The number of aliphatic carboxylic acids is 1. The second-order valence-electron chi connectivity index (χ2n) is 4.05. The van der Waals surface area contributed by atoms with E-state index in [9.17, 15) is 9.59 Å². The van der Waals surface area contributed by atoms with Gasteiger partial charge in [-0.05, 0) is 12.1 Å². The number of aromatic nitrogens is 1. The second kappa shape index (κ2) is 5.01. The average Bonchev–Trinajstić information content (AvgIpc) is 2.82. The van der Waals surface area contributed by atoms with Crippen molar-refractivity contribution in [2.24, 2.45) is 0 Å². The number of carboxylic acid groups (broad SMARTS) is 1. The molecule has 6 heteroatoms. The van der Waals surface area contributed by atoms with E-state index in [0.29, 0.717) is 31.9 Å². The fourth-order valence-electron chi connectivity index (χ4n) is 1.93. The van der Waals surface area contributed by atoms with E-state index in [0.717, 1.165) is 0 Å². The molecule has 0 unspecified atom stereocenters. The number of H-pyrrole nitrogens is 1. The topological polar surface area (TPSA) is 76.6 Å². The van der Waals surface area contributed by atoms with E-state index in [4.69, 9.17) is 5.11 Å².